The number of aromatic nitrogens is 1. The fourth-order valence-corrected chi connectivity index (χ4v) is 3.63. The summed E-state index contributed by atoms with van der Waals surface area (Å²) >= 11 is 1.42. The molecule has 0 radical (unpaired) electrons. The number of hydrogen-bond donors (Lipinski definition) is 1. The van der Waals surface area contributed by atoms with Gasteiger partial charge >= 0.3 is 0 Å². The van der Waals surface area contributed by atoms with Crippen molar-refractivity contribution in [3.63, 3.8) is 0 Å². The molecule has 3 rings (SSSR count). The van der Waals surface area contributed by atoms with Crippen molar-refractivity contribution in [3.05, 3.63) is 70.7 Å². The highest BCUT2D eigenvalue weighted by molar-refractivity contribution is 7.14. The summed E-state index contributed by atoms with van der Waals surface area (Å²) in [5.74, 6) is 1.02. The molecule has 1 heterocycles. The van der Waals surface area contributed by atoms with E-state index < -0.39 is 0 Å². The average Bonchev–Trinajstić information content (AvgIpc) is 3.18. The molecule has 0 saturated carbocycles. The lowest BCUT2D eigenvalue weighted by atomic mass is 10.0. The van der Waals surface area contributed by atoms with Gasteiger partial charge in [-0.3, -0.25) is 10.1 Å². The Morgan fingerprint density at radius 2 is 1.83 bits per heavy atom. The number of nitrogens with zero attached hydrogens (tertiary/aromatic N) is 2. The third-order valence-electron chi connectivity index (χ3n) is 4.30. The van der Waals surface area contributed by atoms with E-state index in [1.165, 1.54) is 11.3 Å². The molecule has 6 nitrogen and oxygen atoms in total. The van der Waals surface area contributed by atoms with E-state index in [9.17, 15) is 4.79 Å². The Morgan fingerprint density at radius 3 is 2.50 bits per heavy atom. The largest absolute Gasteiger partial charge is 0.493 e. The number of thiazole rings is 1. The minimum absolute atomic E-state index is 0.221. The molecule has 0 spiro atoms. The number of rotatable bonds is 8. The van der Waals surface area contributed by atoms with Crippen LogP contribution in [0.1, 0.15) is 16.8 Å². The highest BCUT2D eigenvalue weighted by atomic mass is 32.1. The van der Waals surface area contributed by atoms with Gasteiger partial charge in [-0.25, -0.2) is 4.98 Å². The zero-order chi connectivity index (χ0) is 21.5. The molecule has 0 fully saturated rings. The van der Waals surface area contributed by atoms with E-state index >= 15 is 0 Å². The van der Waals surface area contributed by atoms with E-state index in [2.05, 4.69) is 10.3 Å². The van der Waals surface area contributed by atoms with Crippen LogP contribution in [0.5, 0.6) is 11.5 Å². The molecule has 1 amide bonds. The van der Waals surface area contributed by atoms with Gasteiger partial charge in [0.1, 0.15) is 0 Å². The van der Waals surface area contributed by atoms with Crippen LogP contribution < -0.4 is 14.8 Å². The SMILES string of the molecule is COc1ccc(/C=C(/C(=O)Nc2nc(CN(C)C)cs2)c2ccccc2)cc1OC. The summed E-state index contributed by atoms with van der Waals surface area (Å²) in [6.07, 6.45) is 1.83. The van der Waals surface area contributed by atoms with Crippen LogP contribution >= 0.6 is 11.3 Å². The Labute approximate surface area is 180 Å². The van der Waals surface area contributed by atoms with Crippen LogP contribution in [0, 0.1) is 0 Å². The van der Waals surface area contributed by atoms with Crippen LogP contribution in [0.25, 0.3) is 11.6 Å². The summed E-state index contributed by atoms with van der Waals surface area (Å²) in [5.41, 5.74) is 3.10. The van der Waals surface area contributed by atoms with E-state index in [0.29, 0.717) is 22.2 Å². The van der Waals surface area contributed by atoms with Gasteiger partial charge in [0, 0.05) is 17.5 Å². The van der Waals surface area contributed by atoms with E-state index in [-0.39, 0.29) is 5.91 Å². The number of anilines is 1. The minimum atomic E-state index is -0.221. The summed E-state index contributed by atoms with van der Waals surface area (Å²) in [4.78, 5) is 19.7. The van der Waals surface area contributed by atoms with Crippen molar-refractivity contribution in [2.75, 3.05) is 33.6 Å². The monoisotopic (exact) mass is 423 g/mol. The molecule has 1 N–H and O–H groups in total. The van der Waals surface area contributed by atoms with Crippen LogP contribution in [0.15, 0.2) is 53.9 Å². The van der Waals surface area contributed by atoms with Gasteiger partial charge in [0.2, 0.25) is 0 Å². The lowest BCUT2D eigenvalue weighted by Crippen LogP contribution is -2.14. The summed E-state index contributed by atoms with van der Waals surface area (Å²) in [7, 11) is 7.15. The Balaban J connectivity index is 1.92. The highest BCUT2D eigenvalue weighted by Gasteiger charge is 2.15. The Hall–Kier alpha value is -3.16. The average molecular weight is 424 g/mol. The van der Waals surface area contributed by atoms with Crippen molar-refractivity contribution in [2.24, 2.45) is 0 Å². The maximum atomic E-state index is 13.1. The first-order valence-electron chi connectivity index (χ1n) is 9.39. The second-order valence-electron chi connectivity index (χ2n) is 6.87. The first-order valence-corrected chi connectivity index (χ1v) is 10.3. The van der Waals surface area contributed by atoms with Crippen molar-refractivity contribution < 1.29 is 14.3 Å². The van der Waals surface area contributed by atoms with Gasteiger partial charge in [0.15, 0.2) is 16.6 Å². The lowest BCUT2D eigenvalue weighted by molar-refractivity contribution is -0.111. The van der Waals surface area contributed by atoms with Crippen LogP contribution in [0.4, 0.5) is 5.13 Å². The fourth-order valence-electron chi connectivity index (χ4n) is 2.93. The van der Waals surface area contributed by atoms with Crippen molar-refractivity contribution in [1.29, 1.82) is 0 Å². The van der Waals surface area contributed by atoms with E-state index in [1.54, 1.807) is 14.2 Å². The molecule has 3 aromatic rings. The Morgan fingerprint density at radius 1 is 1.10 bits per heavy atom. The van der Waals surface area contributed by atoms with Crippen LogP contribution in [-0.4, -0.2) is 44.1 Å². The van der Waals surface area contributed by atoms with Crippen molar-refractivity contribution >= 4 is 34.0 Å². The maximum absolute atomic E-state index is 13.1. The lowest BCUT2D eigenvalue weighted by Gasteiger charge is -2.10. The molecule has 0 aliphatic rings. The summed E-state index contributed by atoms with van der Waals surface area (Å²) in [5, 5.41) is 5.46. The van der Waals surface area contributed by atoms with Crippen LogP contribution in [0.2, 0.25) is 0 Å². The molecule has 156 valence electrons. The van der Waals surface area contributed by atoms with E-state index in [4.69, 9.17) is 9.47 Å². The molecule has 0 atom stereocenters. The van der Waals surface area contributed by atoms with Gasteiger partial charge in [0.05, 0.1) is 19.9 Å². The third-order valence-corrected chi connectivity index (χ3v) is 5.10. The zero-order valence-corrected chi connectivity index (χ0v) is 18.3. The normalized spacial score (nSPS) is 11.4. The molecule has 0 bridgehead atoms. The Kier molecular flexibility index (Phi) is 7.21. The number of carbonyl (C=O) groups is 1. The maximum Gasteiger partial charge on any atom is 0.258 e. The topological polar surface area (TPSA) is 63.7 Å². The molecule has 1 aromatic heterocycles. The number of nitrogens with one attached hydrogen (secondary N) is 1. The number of benzene rings is 2. The van der Waals surface area contributed by atoms with Crippen LogP contribution in [-0.2, 0) is 11.3 Å². The van der Waals surface area contributed by atoms with E-state index in [0.717, 1.165) is 23.4 Å². The first-order chi connectivity index (χ1) is 14.5. The number of methoxy groups -OCH3 is 2. The summed E-state index contributed by atoms with van der Waals surface area (Å²) in [6.45, 7) is 0.722. The minimum Gasteiger partial charge on any atom is -0.493 e. The molecule has 0 aliphatic heterocycles. The van der Waals surface area contributed by atoms with Gasteiger partial charge in [-0.2, -0.15) is 0 Å². The number of carbonyl (C=O) groups excluding carboxylic acids is 1. The first kappa shape index (κ1) is 21.5. The molecule has 2 aromatic carbocycles. The van der Waals surface area contributed by atoms with Gasteiger partial charge in [0.25, 0.3) is 5.91 Å². The predicted molar refractivity (Wildman–Crippen MR) is 122 cm³/mol. The summed E-state index contributed by atoms with van der Waals surface area (Å²) in [6, 6.07) is 15.1. The number of ether oxygens (including phenoxy) is 2. The van der Waals surface area contributed by atoms with Crippen molar-refractivity contribution in [3.8, 4) is 11.5 Å². The van der Waals surface area contributed by atoms with E-state index in [1.807, 2.05) is 79.0 Å². The highest BCUT2D eigenvalue weighted by Crippen LogP contribution is 2.30. The van der Waals surface area contributed by atoms with Gasteiger partial charge in [-0.05, 0) is 43.4 Å². The third kappa shape index (κ3) is 5.46. The second kappa shape index (κ2) is 10.0. The predicted octanol–water partition coefficient (Wildman–Crippen LogP) is 4.40. The smallest absolute Gasteiger partial charge is 0.258 e. The molecule has 0 unspecified atom stereocenters. The molecule has 30 heavy (non-hydrogen) atoms. The molecular formula is C23H25N3O3S. The molecular weight excluding hydrogens is 398 g/mol. The number of hydrogen-bond acceptors (Lipinski definition) is 6. The molecule has 0 saturated heterocycles. The van der Waals surface area contributed by atoms with Crippen LogP contribution in [0.3, 0.4) is 0 Å². The zero-order valence-electron chi connectivity index (χ0n) is 17.5. The number of amides is 1. The standard InChI is InChI=1S/C23H25N3O3S/c1-26(2)14-18-15-30-23(24-18)25-22(27)19(17-8-6-5-7-9-17)12-16-10-11-20(28-3)21(13-16)29-4/h5-13,15H,14H2,1-4H3,(H,24,25,27)/b19-12+. The molecule has 7 heteroatoms. The summed E-state index contributed by atoms with van der Waals surface area (Å²) < 4.78 is 10.7. The molecule has 0 aliphatic carbocycles. The Bertz CT molecular complexity index is 1030. The second-order valence-corrected chi connectivity index (χ2v) is 7.73. The van der Waals surface area contributed by atoms with Gasteiger partial charge in [-0.1, -0.05) is 36.4 Å². The fraction of sp³-hybridized carbons (Fsp3) is 0.217. The van der Waals surface area contributed by atoms with Crippen molar-refractivity contribution in [1.82, 2.24) is 9.88 Å². The van der Waals surface area contributed by atoms with Gasteiger partial charge in [-0.15, -0.1) is 11.3 Å². The van der Waals surface area contributed by atoms with Crippen molar-refractivity contribution in [2.45, 2.75) is 6.54 Å². The quantitative estimate of drug-likeness (QED) is 0.430. The van der Waals surface area contributed by atoms with Gasteiger partial charge < -0.3 is 14.4 Å².